The van der Waals surface area contributed by atoms with E-state index in [1.807, 2.05) is 12.1 Å². The highest BCUT2D eigenvalue weighted by Gasteiger charge is 2.46. The zero-order valence-electron chi connectivity index (χ0n) is 15.8. The average molecular weight is 346 g/mol. The zero-order chi connectivity index (χ0) is 18.2. The molecule has 1 spiro atoms. The second-order valence-electron chi connectivity index (χ2n) is 8.70. The first-order valence-corrected chi connectivity index (χ1v) is 9.26. The molecule has 5 nitrogen and oxygen atoms in total. The van der Waals surface area contributed by atoms with Crippen molar-refractivity contribution >= 4 is 11.6 Å². The summed E-state index contributed by atoms with van der Waals surface area (Å²) in [6.07, 6.45) is 4.71. The number of anilines is 1. The summed E-state index contributed by atoms with van der Waals surface area (Å²) in [5.41, 5.74) is 0.463. The van der Waals surface area contributed by atoms with Gasteiger partial charge in [0.15, 0.2) is 5.78 Å². The maximum Gasteiger partial charge on any atom is 0.161 e. The summed E-state index contributed by atoms with van der Waals surface area (Å²) in [7, 11) is 0. The molecule has 138 valence electrons. The lowest BCUT2D eigenvalue weighted by atomic mass is 9.76. The van der Waals surface area contributed by atoms with Gasteiger partial charge in [0.1, 0.15) is 5.82 Å². The molecule has 2 aliphatic rings. The van der Waals surface area contributed by atoms with Crippen LogP contribution < -0.4 is 4.90 Å². The van der Waals surface area contributed by atoms with Crippen LogP contribution in [0.5, 0.6) is 0 Å². The fourth-order valence-corrected chi connectivity index (χ4v) is 3.93. The predicted octanol–water partition coefficient (Wildman–Crippen LogP) is 3.21. The molecular formula is C20H30N2O3. The van der Waals surface area contributed by atoms with Gasteiger partial charge in [-0.15, -0.1) is 0 Å². The van der Waals surface area contributed by atoms with E-state index in [2.05, 4.69) is 30.7 Å². The summed E-state index contributed by atoms with van der Waals surface area (Å²) < 4.78 is 6.53. The van der Waals surface area contributed by atoms with Crippen LogP contribution in [0.15, 0.2) is 18.3 Å². The van der Waals surface area contributed by atoms with Crippen LogP contribution in [0.4, 0.5) is 5.82 Å². The third-order valence-corrected chi connectivity index (χ3v) is 5.61. The minimum atomic E-state index is -0.280. The Morgan fingerprint density at radius 3 is 2.52 bits per heavy atom. The second kappa shape index (κ2) is 6.69. The van der Waals surface area contributed by atoms with Crippen LogP contribution in [0.2, 0.25) is 0 Å². The number of aromatic nitrogens is 1. The Morgan fingerprint density at radius 1 is 1.32 bits per heavy atom. The van der Waals surface area contributed by atoms with Crippen molar-refractivity contribution in [1.82, 2.24) is 4.98 Å². The Hall–Kier alpha value is -1.46. The van der Waals surface area contributed by atoms with Crippen LogP contribution in [0, 0.1) is 5.41 Å². The fraction of sp³-hybridized carbons (Fsp3) is 0.700. The number of Topliss-reactive ketones (excluding diaryl/α,β-unsaturated/α-hetero) is 1. The lowest BCUT2D eigenvalue weighted by Gasteiger charge is -2.50. The number of hydrogen-bond donors (Lipinski definition) is 1. The molecule has 25 heavy (non-hydrogen) atoms. The largest absolute Gasteiger partial charge is 0.393 e. The number of carbonyl (C=O) groups excluding carboxylic acids is 1. The van der Waals surface area contributed by atoms with Gasteiger partial charge in [-0.05, 0) is 37.3 Å². The lowest BCUT2D eigenvalue weighted by molar-refractivity contribution is -0.199. The fourth-order valence-electron chi connectivity index (χ4n) is 3.93. The molecule has 1 aromatic rings. The Morgan fingerprint density at radius 2 is 2.00 bits per heavy atom. The maximum absolute atomic E-state index is 11.4. The Labute approximate surface area is 150 Å². The van der Waals surface area contributed by atoms with Crippen LogP contribution in [0.1, 0.15) is 63.7 Å². The maximum atomic E-state index is 11.4. The van der Waals surface area contributed by atoms with Crippen LogP contribution in [0.25, 0.3) is 0 Å². The van der Waals surface area contributed by atoms with Gasteiger partial charge in [0.05, 0.1) is 17.8 Å². The first-order valence-electron chi connectivity index (χ1n) is 9.26. The quantitative estimate of drug-likeness (QED) is 0.833. The third-order valence-electron chi connectivity index (χ3n) is 5.61. The van der Waals surface area contributed by atoms with Gasteiger partial charge in [-0.1, -0.05) is 20.8 Å². The van der Waals surface area contributed by atoms with Gasteiger partial charge in [0.25, 0.3) is 0 Å². The molecule has 5 heteroatoms. The predicted molar refractivity (Wildman–Crippen MR) is 98.0 cm³/mol. The van der Waals surface area contributed by atoms with E-state index in [-0.39, 0.29) is 29.0 Å². The molecule has 2 saturated heterocycles. The monoisotopic (exact) mass is 346 g/mol. The molecule has 0 aliphatic carbocycles. The van der Waals surface area contributed by atoms with E-state index in [1.54, 1.807) is 13.1 Å². The van der Waals surface area contributed by atoms with Gasteiger partial charge >= 0.3 is 0 Å². The molecule has 2 atom stereocenters. The van der Waals surface area contributed by atoms with Gasteiger partial charge in [-0.2, -0.15) is 0 Å². The van der Waals surface area contributed by atoms with Crippen LogP contribution in [-0.2, 0) is 4.74 Å². The average Bonchev–Trinajstić information content (AvgIpc) is 2.54. The minimum absolute atomic E-state index is 0.0365. The highest BCUT2D eigenvalue weighted by Crippen LogP contribution is 2.42. The number of rotatable bonds is 2. The van der Waals surface area contributed by atoms with Crippen molar-refractivity contribution in [3.05, 3.63) is 23.9 Å². The molecule has 2 fully saturated rings. The molecule has 0 saturated carbocycles. The van der Waals surface area contributed by atoms with Crippen molar-refractivity contribution in [1.29, 1.82) is 0 Å². The molecule has 0 bridgehead atoms. The van der Waals surface area contributed by atoms with Crippen LogP contribution in [0.3, 0.4) is 0 Å². The third kappa shape index (κ3) is 4.04. The second-order valence-corrected chi connectivity index (χ2v) is 8.70. The molecular weight excluding hydrogens is 316 g/mol. The van der Waals surface area contributed by atoms with E-state index in [0.29, 0.717) is 5.56 Å². The summed E-state index contributed by atoms with van der Waals surface area (Å²) in [4.78, 5) is 18.1. The van der Waals surface area contributed by atoms with E-state index in [1.165, 1.54) is 0 Å². The molecule has 0 aromatic carbocycles. The summed E-state index contributed by atoms with van der Waals surface area (Å²) in [5.74, 6) is 0.943. The first kappa shape index (κ1) is 18.3. The molecule has 0 unspecified atom stereocenters. The van der Waals surface area contributed by atoms with Gasteiger partial charge in [0, 0.05) is 37.7 Å². The van der Waals surface area contributed by atoms with Gasteiger partial charge < -0.3 is 14.7 Å². The minimum Gasteiger partial charge on any atom is -0.393 e. The smallest absolute Gasteiger partial charge is 0.161 e. The van der Waals surface area contributed by atoms with Crippen molar-refractivity contribution in [3.63, 3.8) is 0 Å². The summed E-state index contributed by atoms with van der Waals surface area (Å²) >= 11 is 0. The molecule has 0 amide bonds. The number of hydrogen-bond acceptors (Lipinski definition) is 5. The van der Waals surface area contributed by atoms with Crippen LogP contribution >= 0.6 is 0 Å². The van der Waals surface area contributed by atoms with Gasteiger partial charge in [-0.3, -0.25) is 4.79 Å². The number of piperidine rings is 1. The van der Waals surface area contributed by atoms with Crippen molar-refractivity contribution < 1.29 is 14.6 Å². The van der Waals surface area contributed by atoms with E-state index in [9.17, 15) is 9.90 Å². The van der Waals surface area contributed by atoms with E-state index >= 15 is 0 Å². The van der Waals surface area contributed by atoms with E-state index in [4.69, 9.17) is 4.74 Å². The van der Waals surface area contributed by atoms with E-state index in [0.717, 1.165) is 44.6 Å². The number of pyridine rings is 1. The topological polar surface area (TPSA) is 62.7 Å². The first-order chi connectivity index (χ1) is 11.7. The number of nitrogens with zero attached hydrogens (tertiary/aromatic N) is 2. The standard InChI is InChI=1S/C20H30N2O3/c1-14(23)15-5-6-18(21-13-15)22-9-7-20(8-10-22)12-16(24)11-17(25-20)19(2,3)4/h5-6,13,16-17,24H,7-12H2,1-4H3/t16-,17-/m1/s1. The molecule has 2 aliphatic heterocycles. The molecule has 1 aromatic heterocycles. The van der Waals surface area contributed by atoms with Crippen molar-refractivity contribution in [2.45, 2.75) is 71.2 Å². The molecule has 3 rings (SSSR count). The molecule has 1 N–H and O–H groups in total. The van der Waals surface area contributed by atoms with E-state index < -0.39 is 0 Å². The highest BCUT2D eigenvalue weighted by molar-refractivity contribution is 5.93. The van der Waals surface area contributed by atoms with Crippen molar-refractivity contribution in [3.8, 4) is 0 Å². The molecule has 0 radical (unpaired) electrons. The van der Waals surface area contributed by atoms with Crippen molar-refractivity contribution in [2.75, 3.05) is 18.0 Å². The SMILES string of the molecule is CC(=O)c1ccc(N2CCC3(CC2)C[C@H](O)C[C@H](C(C)(C)C)O3)nc1. The van der Waals surface area contributed by atoms with Gasteiger partial charge in [0.2, 0.25) is 0 Å². The highest BCUT2D eigenvalue weighted by atomic mass is 16.5. The number of ether oxygens (including phenoxy) is 1. The summed E-state index contributed by atoms with van der Waals surface area (Å²) in [5, 5.41) is 10.4. The Kier molecular flexibility index (Phi) is 4.91. The summed E-state index contributed by atoms with van der Waals surface area (Å²) in [6, 6.07) is 3.76. The lowest BCUT2D eigenvalue weighted by Crippen LogP contribution is -2.55. The van der Waals surface area contributed by atoms with Crippen LogP contribution in [-0.4, -0.2) is 46.8 Å². The number of aliphatic hydroxyl groups is 1. The van der Waals surface area contributed by atoms with Gasteiger partial charge in [-0.25, -0.2) is 4.98 Å². The normalized spacial score (nSPS) is 26.7. The van der Waals surface area contributed by atoms with Crippen molar-refractivity contribution in [2.24, 2.45) is 5.41 Å². The Balaban J connectivity index is 1.67. The zero-order valence-corrected chi connectivity index (χ0v) is 15.8. The number of ketones is 1. The summed E-state index contributed by atoms with van der Waals surface area (Å²) in [6.45, 7) is 9.81. The number of aliphatic hydroxyl groups excluding tert-OH is 1. The molecule has 3 heterocycles. The number of carbonyl (C=O) groups is 1. The Bertz CT molecular complexity index is 613.